The number of phenolic OH excluding ortho intramolecular Hbond substituents is 1. The molecular formula is C15H19NO5. The maximum atomic E-state index is 12.3. The molecule has 1 aliphatic rings. The van der Waals surface area contributed by atoms with Crippen LogP contribution in [0.5, 0.6) is 11.5 Å². The van der Waals surface area contributed by atoms with Crippen molar-refractivity contribution in [3.05, 3.63) is 18.2 Å². The Kier molecular flexibility index (Phi) is 4.67. The number of methoxy groups -OCH3 is 1. The van der Waals surface area contributed by atoms with Crippen LogP contribution < -0.4 is 10.1 Å². The number of hydrogen-bond donors (Lipinski definition) is 3. The van der Waals surface area contributed by atoms with Crippen LogP contribution in [0.4, 0.5) is 5.69 Å². The van der Waals surface area contributed by atoms with E-state index in [0.29, 0.717) is 24.3 Å². The maximum Gasteiger partial charge on any atom is 0.307 e. The number of carboxylic acids is 1. The topological polar surface area (TPSA) is 95.9 Å². The molecule has 6 nitrogen and oxygen atoms in total. The van der Waals surface area contributed by atoms with Gasteiger partial charge in [-0.3, -0.25) is 9.59 Å². The minimum atomic E-state index is -0.924. The number of carbonyl (C=O) groups excluding carboxylic acids is 1. The zero-order valence-electron chi connectivity index (χ0n) is 11.8. The summed E-state index contributed by atoms with van der Waals surface area (Å²) < 4.78 is 4.93. The smallest absolute Gasteiger partial charge is 0.307 e. The lowest BCUT2D eigenvalue weighted by Crippen LogP contribution is -2.36. The van der Waals surface area contributed by atoms with Crippen molar-refractivity contribution in [2.24, 2.45) is 11.8 Å². The van der Waals surface area contributed by atoms with E-state index >= 15 is 0 Å². The second-order valence-electron chi connectivity index (χ2n) is 5.21. The molecule has 1 amide bonds. The van der Waals surface area contributed by atoms with Gasteiger partial charge in [0.2, 0.25) is 5.91 Å². The molecule has 0 unspecified atom stereocenters. The van der Waals surface area contributed by atoms with E-state index in [4.69, 9.17) is 4.74 Å². The van der Waals surface area contributed by atoms with E-state index in [0.717, 1.165) is 12.8 Å². The predicted molar refractivity (Wildman–Crippen MR) is 76.4 cm³/mol. The zero-order valence-corrected chi connectivity index (χ0v) is 11.8. The van der Waals surface area contributed by atoms with E-state index in [1.165, 1.54) is 13.2 Å². The van der Waals surface area contributed by atoms with Crippen LogP contribution in [-0.4, -0.2) is 29.2 Å². The maximum absolute atomic E-state index is 12.3. The molecular weight excluding hydrogens is 274 g/mol. The van der Waals surface area contributed by atoms with Crippen LogP contribution in [0.2, 0.25) is 0 Å². The van der Waals surface area contributed by atoms with Gasteiger partial charge in [-0.25, -0.2) is 0 Å². The van der Waals surface area contributed by atoms with E-state index in [1.807, 2.05) is 0 Å². The van der Waals surface area contributed by atoms with Crippen molar-refractivity contribution in [2.45, 2.75) is 25.7 Å². The highest BCUT2D eigenvalue weighted by molar-refractivity contribution is 5.95. The first kappa shape index (κ1) is 15.2. The molecule has 0 spiro atoms. The first-order chi connectivity index (χ1) is 10.0. The number of aliphatic carboxylic acids is 1. The number of carboxylic acid groups (broad SMARTS) is 1. The normalized spacial score (nSPS) is 21.6. The number of amides is 1. The first-order valence-corrected chi connectivity index (χ1v) is 6.93. The van der Waals surface area contributed by atoms with Crippen LogP contribution in [0.25, 0.3) is 0 Å². The quantitative estimate of drug-likeness (QED) is 0.791. The van der Waals surface area contributed by atoms with Crippen molar-refractivity contribution in [1.29, 1.82) is 0 Å². The Balaban J connectivity index is 2.09. The average molecular weight is 293 g/mol. The summed E-state index contributed by atoms with van der Waals surface area (Å²) in [5.74, 6) is -2.16. The number of ether oxygens (including phenoxy) is 1. The summed E-state index contributed by atoms with van der Waals surface area (Å²) in [5.41, 5.74) is 0.424. The van der Waals surface area contributed by atoms with Gasteiger partial charge in [0, 0.05) is 11.8 Å². The molecule has 0 radical (unpaired) electrons. The molecule has 0 saturated heterocycles. The number of hydrogen-bond acceptors (Lipinski definition) is 4. The highest BCUT2D eigenvalue weighted by Gasteiger charge is 2.35. The molecule has 2 atom stereocenters. The van der Waals surface area contributed by atoms with Gasteiger partial charge >= 0.3 is 5.97 Å². The lowest BCUT2D eigenvalue weighted by Gasteiger charge is -2.27. The van der Waals surface area contributed by atoms with Gasteiger partial charge in [0.05, 0.1) is 18.9 Å². The fraction of sp³-hybridized carbons (Fsp3) is 0.467. The summed E-state index contributed by atoms with van der Waals surface area (Å²) in [4.78, 5) is 23.5. The molecule has 1 aliphatic carbocycles. The Morgan fingerprint density at radius 2 is 1.90 bits per heavy atom. The number of carbonyl (C=O) groups is 2. The summed E-state index contributed by atoms with van der Waals surface area (Å²) in [6.45, 7) is 0. The Bertz CT molecular complexity index is 543. The van der Waals surface area contributed by atoms with Gasteiger partial charge < -0.3 is 20.3 Å². The number of benzene rings is 1. The molecule has 21 heavy (non-hydrogen) atoms. The van der Waals surface area contributed by atoms with Crippen LogP contribution in [0.15, 0.2) is 18.2 Å². The molecule has 2 rings (SSSR count). The fourth-order valence-electron chi connectivity index (χ4n) is 2.74. The summed E-state index contributed by atoms with van der Waals surface area (Å²) in [5, 5.41) is 21.6. The van der Waals surface area contributed by atoms with Gasteiger partial charge in [0.25, 0.3) is 0 Å². The molecule has 1 aromatic carbocycles. The third-order valence-electron chi connectivity index (χ3n) is 3.87. The lowest BCUT2D eigenvalue weighted by atomic mass is 9.78. The highest BCUT2D eigenvalue weighted by atomic mass is 16.5. The van der Waals surface area contributed by atoms with Crippen molar-refractivity contribution >= 4 is 17.6 Å². The minimum Gasteiger partial charge on any atom is -0.504 e. The van der Waals surface area contributed by atoms with Crippen molar-refractivity contribution in [1.82, 2.24) is 0 Å². The zero-order chi connectivity index (χ0) is 15.4. The lowest BCUT2D eigenvalue weighted by molar-refractivity contribution is -0.147. The molecule has 6 heteroatoms. The van der Waals surface area contributed by atoms with Gasteiger partial charge in [0.15, 0.2) is 11.5 Å². The number of anilines is 1. The van der Waals surface area contributed by atoms with Crippen LogP contribution in [0, 0.1) is 11.8 Å². The molecule has 1 saturated carbocycles. The van der Waals surface area contributed by atoms with Gasteiger partial charge in [0.1, 0.15) is 0 Å². The predicted octanol–water partition coefficient (Wildman–Crippen LogP) is 2.23. The molecule has 3 N–H and O–H groups in total. The monoisotopic (exact) mass is 293 g/mol. The SMILES string of the molecule is COc1ccc(NC(=O)[C@@H]2CCCC[C@@H]2C(=O)O)cc1O. The molecule has 114 valence electrons. The van der Waals surface area contributed by atoms with E-state index in [9.17, 15) is 19.8 Å². The molecule has 0 bridgehead atoms. The second-order valence-corrected chi connectivity index (χ2v) is 5.21. The summed E-state index contributed by atoms with van der Waals surface area (Å²) in [6.07, 6.45) is 2.80. The molecule has 0 heterocycles. The first-order valence-electron chi connectivity index (χ1n) is 6.93. The minimum absolute atomic E-state index is 0.0753. The number of aromatic hydroxyl groups is 1. The Morgan fingerprint density at radius 1 is 1.24 bits per heavy atom. The highest BCUT2D eigenvalue weighted by Crippen LogP contribution is 2.33. The van der Waals surface area contributed by atoms with Crippen molar-refractivity contribution in [2.75, 3.05) is 12.4 Å². The number of phenols is 1. The van der Waals surface area contributed by atoms with Crippen LogP contribution >= 0.6 is 0 Å². The molecule has 0 aromatic heterocycles. The van der Waals surface area contributed by atoms with E-state index in [-0.39, 0.29) is 11.7 Å². The third-order valence-corrected chi connectivity index (χ3v) is 3.87. The average Bonchev–Trinajstić information content (AvgIpc) is 2.47. The standard InChI is InChI=1S/C15H19NO5/c1-21-13-7-6-9(8-12(13)17)16-14(18)10-4-2-3-5-11(10)15(19)20/h6-8,10-11,17H,2-5H2,1H3,(H,16,18)(H,19,20)/t10-,11+/m1/s1. The second kappa shape index (κ2) is 6.47. The largest absolute Gasteiger partial charge is 0.504 e. The van der Waals surface area contributed by atoms with Crippen molar-refractivity contribution in [3.63, 3.8) is 0 Å². The van der Waals surface area contributed by atoms with Crippen LogP contribution in [0.3, 0.4) is 0 Å². The number of nitrogens with one attached hydrogen (secondary N) is 1. The van der Waals surface area contributed by atoms with Crippen molar-refractivity contribution in [3.8, 4) is 11.5 Å². The van der Waals surface area contributed by atoms with E-state index < -0.39 is 17.8 Å². The van der Waals surface area contributed by atoms with Gasteiger partial charge in [-0.1, -0.05) is 12.8 Å². The van der Waals surface area contributed by atoms with Gasteiger partial charge in [-0.15, -0.1) is 0 Å². The molecule has 1 fully saturated rings. The van der Waals surface area contributed by atoms with Gasteiger partial charge in [-0.2, -0.15) is 0 Å². The summed E-state index contributed by atoms with van der Waals surface area (Å²) in [7, 11) is 1.44. The number of rotatable bonds is 4. The van der Waals surface area contributed by atoms with E-state index in [2.05, 4.69) is 5.32 Å². The van der Waals surface area contributed by atoms with E-state index in [1.54, 1.807) is 12.1 Å². The molecule has 0 aliphatic heterocycles. The summed E-state index contributed by atoms with van der Waals surface area (Å²) in [6, 6.07) is 4.53. The van der Waals surface area contributed by atoms with Crippen LogP contribution in [-0.2, 0) is 9.59 Å². The van der Waals surface area contributed by atoms with Crippen LogP contribution in [0.1, 0.15) is 25.7 Å². The third kappa shape index (κ3) is 3.45. The molecule has 1 aromatic rings. The Morgan fingerprint density at radius 3 is 2.48 bits per heavy atom. The Labute approximate surface area is 122 Å². The summed E-state index contributed by atoms with van der Waals surface area (Å²) >= 11 is 0. The Hall–Kier alpha value is -2.24. The van der Waals surface area contributed by atoms with Crippen molar-refractivity contribution < 1.29 is 24.5 Å². The fourth-order valence-corrected chi connectivity index (χ4v) is 2.74. The van der Waals surface area contributed by atoms with Gasteiger partial charge in [-0.05, 0) is 25.0 Å².